The largest absolute Gasteiger partial charge is 0.486 e. The van der Waals surface area contributed by atoms with E-state index in [0.29, 0.717) is 32.1 Å². The smallest absolute Gasteiger partial charge is 0.161 e. The second kappa shape index (κ2) is 7.47. The Kier molecular flexibility index (Phi) is 5.64. The lowest BCUT2D eigenvalue weighted by molar-refractivity contribution is 0.136. The van der Waals surface area contributed by atoms with Crippen LogP contribution in [0.5, 0.6) is 11.5 Å². The van der Waals surface area contributed by atoms with Crippen molar-refractivity contribution in [2.45, 2.75) is 25.5 Å². The van der Waals surface area contributed by atoms with E-state index in [4.69, 9.17) is 14.2 Å². The molecule has 5 nitrogen and oxygen atoms in total. The second-order valence-electron chi connectivity index (χ2n) is 4.89. The molecule has 2 atom stereocenters. The molecule has 0 amide bonds. The molecule has 0 fully saturated rings. The van der Waals surface area contributed by atoms with Crippen molar-refractivity contribution in [2.75, 3.05) is 33.5 Å². The molecule has 1 heterocycles. The van der Waals surface area contributed by atoms with E-state index in [1.165, 1.54) is 0 Å². The first-order valence-electron chi connectivity index (χ1n) is 7.04. The topological polar surface area (TPSA) is 60.0 Å². The third-order valence-electron chi connectivity index (χ3n) is 3.41. The molecule has 0 aromatic heterocycles. The summed E-state index contributed by atoms with van der Waals surface area (Å²) in [6.45, 7) is 4.35. The lowest BCUT2D eigenvalue weighted by Crippen LogP contribution is -2.35. The summed E-state index contributed by atoms with van der Waals surface area (Å²) in [5, 5.41) is 13.5. The molecule has 112 valence electrons. The normalized spacial score (nSPS) is 16.8. The maximum absolute atomic E-state index is 10.2. The number of hydrogen-bond acceptors (Lipinski definition) is 5. The van der Waals surface area contributed by atoms with Gasteiger partial charge >= 0.3 is 0 Å². The number of rotatable bonds is 7. The van der Waals surface area contributed by atoms with E-state index in [0.717, 1.165) is 17.7 Å². The van der Waals surface area contributed by atoms with Gasteiger partial charge in [0.2, 0.25) is 0 Å². The van der Waals surface area contributed by atoms with E-state index in [1.54, 1.807) is 7.11 Å². The molecule has 2 N–H and O–H groups in total. The number of nitrogens with one attached hydrogen (secondary N) is 1. The molecule has 1 aliphatic rings. The van der Waals surface area contributed by atoms with Crippen LogP contribution in [0.4, 0.5) is 0 Å². The van der Waals surface area contributed by atoms with E-state index in [2.05, 4.69) is 12.2 Å². The Labute approximate surface area is 119 Å². The van der Waals surface area contributed by atoms with Gasteiger partial charge in [0, 0.05) is 19.7 Å². The van der Waals surface area contributed by atoms with Crippen molar-refractivity contribution < 1.29 is 19.3 Å². The molecule has 0 saturated heterocycles. The van der Waals surface area contributed by atoms with Crippen LogP contribution in [0.15, 0.2) is 18.2 Å². The molecule has 2 unspecified atom stereocenters. The fraction of sp³-hybridized carbons (Fsp3) is 0.600. The van der Waals surface area contributed by atoms with Crippen molar-refractivity contribution in [1.82, 2.24) is 5.32 Å². The zero-order valence-corrected chi connectivity index (χ0v) is 12.1. The van der Waals surface area contributed by atoms with Crippen LogP contribution in [0, 0.1) is 0 Å². The Morgan fingerprint density at radius 2 is 2.05 bits per heavy atom. The lowest BCUT2D eigenvalue weighted by atomic mass is 10.1. The summed E-state index contributed by atoms with van der Waals surface area (Å²) < 4.78 is 16.1. The predicted molar refractivity (Wildman–Crippen MR) is 76.3 cm³/mol. The molecule has 0 saturated carbocycles. The number of methoxy groups -OCH3 is 1. The van der Waals surface area contributed by atoms with Crippen LogP contribution < -0.4 is 14.8 Å². The zero-order valence-electron chi connectivity index (χ0n) is 12.1. The maximum atomic E-state index is 10.2. The molecule has 0 bridgehead atoms. The monoisotopic (exact) mass is 281 g/mol. The predicted octanol–water partition coefficient (Wildman–Crippen LogP) is 1.51. The molecule has 1 aromatic rings. The zero-order chi connectivity index (χ0) is 14.4. The Bertz CT molecular complexity index is 424. The summed E-state index contributed by atoms with van der Waals surface area (Å²) in [5.41, 5.74) is 0.828. The van der Waals surface area contributed by atoms with Crippen LogP contribution in [0.2, 0.25) is 0 Å². The van der Waals surface area contributed by atoms with E-state index in [9.17, 15) is 5.11 Å². The number of aliphatic hydroxyl groups is 1. The van der Waals surface area contributed by atoms with Crippen molar-refractivity contribution in [3.63, 3.8) is 0 Å². The molecule has 0 spiro atoms. The summed E-state index contributed by atoms with van der Waals surface area (Å²) in [6.07, 6.45) is 0.388. The molecule has 0 aliphatic carbocycles. The van der Waals surface area contributed by atoms with Gasteiger partial charge in [0.25, 0.3) is 0 Å². The quantitative estimate of drug-likeness (QED) is 0.793. The van der Waals surface area contributed by atoms with Crippen molar-refractivity contribution >= 4 is 0 Å². The second-order valence-corrected chi connectivity index (χ2v) is 4.89. The van der Waals surface area contributed by atoms with Crippen LogP contribution in [0.25, 0.3) is 0 Å². The summed E-state index contributed by atoms with van der Waals surface area (Å²) in [4.78, 5) is 0. The standard InChI is InChI=1S/C15H23NO4/c1-3-12(10-18-2)16-9-13(17)11-4-5-14-15(8-11)20-7-6-19-14/h4-5,8,12-13,16-17H,3,6-7,9-10H2,1-2H3. The molecule has 1 aliphatic heterocycles. The SMILES string of the molecule is CCC(COC)NCC(O)c1ccc2c(c1)OCCO2. The molecule has 5 heteroatoms. The van der Waals surface area contributed by atoms with Crippen molar-refractivity contribution in [3.8, 4) is 11.5 Å². The van der Waals surface area contributed by atoms with Crippen molar-refractivity contribution in [3.05, 3.63) is 23.8 Å². The number of fused-ring (bicyclic) bond motifs is 1. The Morgan fingerprint density at radius 1 is 1.30 bits per heavy atom. The highest BCUT2D eigenvalue weighted by Gasteiger charge is 2.16. The van der Waals surface area contributed by atoms with Gasteiger partial charge in [-0.2, -0.15) is 0 Å². The van der Waals surface area contributed by atoms with Gasteiger partial charge in [-0.1, -0.05) is 13.0 Å². The van der Waals surface area contributed by atoms with Crippen molar-refractivity contribution in [2.24, 2.45) is 0 Å². The third-order valence-corrected chi connectivity index (χ3v) is 3.41. The fourth-order valence-corrected chi connectivity index (χ4v) is 2.19. The van der Waals surface area contributed by atoms with Gasteiger partial charge in [-0.05, 0) is 24.1 Å². The Morgan fingerprint density at radius 3 is 2.75 bits per heavy atom. The minimum atomic E-state index is -0.572. The number of ether oxygens (including phenoxy) is 3. The van der Waals surface area contributed by atoms with Gasteiger partial charge in [-0.3, -0.25) is 0 Å². The summed E-state index contributed by atoms with van der Waals surface area (Å²) in [6, 6.07) is 5.82. The van der Waals surface area contributed by atoms with E-state index in [1.807, 2.05) is 18.2 Å². The summed E-state index contributed by atoms with van der Waals surface area (Å²) >= 11 is 0. The fourth-order valence-electron chi connectivity index (χ4n) is 2.19. The molecular formula is C15H23NO4. The summed E-state index contributed by atoms with van der Waals surface area (Å²) in [5.74, 6) is 1.45. The number of hydrogen-bond donors (Lipinski definition) is 2. The van der Waals surface area contributed by atoms with E-state index < -0.39 is 6.10 Å². The van der Waals surface area contributed by atoms with Gasteiger partial charge in [0.05, 0.1) is 12.7 Å². The van der Waals surface area contributed by atoms with Gasteiger partial charge in [0.1, 0.15) is 13.2 Å². The van der Waals surface area contributed by atoms with E-state index in [-0.39, 0.29) is 6.04 Å². The van der Waals surface area contributed by atoms with Crippen molar-refractivity contribution in [1.29, 1.82) is 0 Å². The van der Waals surface area contributed by atoms with Crippen LogP contribution >= 0.6 is 0 Å². The first-order chi connectivity index (χ1) is 9.74. The molecule has 2 rings (SSSR count). The highest BCUT2D eigenvalue weighted by atomic mass is 16.6. The minimum Gasteiger partial charge on any atom is -0.486 e. The molecular weight excluding hydrogens is 258 g/mol. The first-order valence-corrected chi connectivity index (χ1v) is 7.04. The van der Waals surface area contributed by atoms with Gasteiger partial charge in [0.15, 0.2) is 11.5 Å². The number of aliphatic hydroxyl groups excluding tert-OH is 1. The van der Waals surface area contributed by atoms with Gasteiger partial charge in [-0.25, -0.2) is 0 Å². The first kappa shape index (κ1) is 15.1. The lowest BCUT2D eigenvalue weighted by Gasteiger charge is -2.22. The average Bonchev–Trinajstić information content (AvgIpc) is 2.50. The Hall–Kier alpha value is -1.30. The van der Waals surface area contributed by atoms with Crippen LogP contribution in [-0.2, 0) is 4.74 Å². The Balaban J connectivity index is 1.93. The van der Waals surface area contributed by atoms with Gasteiger partial charge in [-0.15, -0.1) is 0 Å². The minimum absolute atomic E-state index is 0.256. The van der Waals surface area contributed by atoms with Crippen LogP contribution in [0.1, 0.15) is 25.0 Å². The molecule has 1 aromatic carbocycles. The molecule has 0 radical (unpaired) electrons. The third kappa shape index (κ3) is 3.85. The van der Waals surface area contributed by atoms with E-state index >= 15 is 0 Å². The highest BCUT2D eigenvalue weighted by Crippen LogP contribution is 2.32. The maximum Gasteiger partial charge on any atom is 0.161 e. The summed E-state index contributed by atoms with van der Waals surface area (Å²) in [7, 11) is 1.68. The highest BCUT2D eigenvalue weighted by molar-refractivity contribution is 5.44. The van der Waals surface area contributed by atoms with Gasteiger partial charge < -0.3 is 24.6 Å². The number of benzene rings is 1. The van der Waals surface area contributed by atoms with Crippen LogP contribution in [-0.4, -0.2) is 44.6 Å². The molecule has 20 heavy (non-hydrogen) atoms. The van der Waals surface area contributed by atoms with Crippen LogP contribution in [0.3, 0.4) is 0 Å². The average molecular weight is 281 g/mol.